The van der Waals surface area contributed by atoms with Crippen LogP contribution in [0.3, 0.4) is 0 Å². The van der Waals surface area contributed by atoms with Crippen LogP contribution in [0.4, 0.5) is 0 Å². The van der Waals surface area contributed by atoms with Crippen LogP contribution in [-0.4, -0.2) is 6.04 Å². The van der Waals surface area contributed by atoms with Crippen molar-refractivity contribution in [1.29, 1.82) is 0 Å². The minimum absolute atomic E-state index is 0.374. The monoisotopic (exact) mass is 271 g/mol. The predicted octanol–water partition coefficient (Wildman–Crippen LogP) is 4.52. The fourth-order valence-corrected chi connectivity index (χ4v) is 3.54. The second-order valence-electron chi connectivity index (χ2n) is 7.11. The number of benzene rings is 1. The first kappa shape index (κ1) is 13.7. The number of aryl methyl sites for hydroxylation is 1. The molecule has 2 aromatic rings. The average molecular weight is 271 g/mol. The molecule has 2 heteroatoms. The molecule has 1 fully saturated rings. The largest absolute Gasteiger partial charge is 0.461 e. The zero-order chi connectivity index (χ0) is 14.5. The van der Waals surface area contributed by atoms with E-state index in [4.69, 9.17) is 4.42 Å². The third kappa shape index (κ3) is 1.81. The molecule has 0 atom stereocenters. The molecule has 1 aliphatic carbocycles. The molecule has 1 saturated carbocycles. The van der Waals surface area contributed by atoms with E-state index in [0.717, 1.165) is 24.3 Å². The van der Waals surface area contributed by atoms with Crippen molar-refractivity contribution in [2.45, 2.75) is 53.6 Å². The summed E-state index contributed by atoms with van der Waals surface area (Å²) in [6.45, 7) is 12.4. The van der Waals surface area contributed by atoms with Gasteiger partial charge in [-0.3, -0.25) is 0 Å². The molecule has 20 heavy (non-hydrogen) atoms. The lowest BCUT2D eigenvalue weighted by Crippen LogP contribution is -2.22. The molecule has 0 radical (unpaired) electrons. The highest BCUT2D eigenvalue weighted by Gasteiger charge is 2.64. The van der Waals surface area contributed by atoms with Gasteiger partial charge in [-0.15, -0.1) is 0 Å². The summed E-state index contributed by atoms with van der Waals surface area (Å²) in [4.78, 5) is 0. The molecular weight excluding hydrogens is 246 g/mol. The summed E-state index contributed by atoms with van der Waals surface area (Å²) < 4.78 is 5.96. The van der Waals surface area contributed by atoms with Gasteiger partial charge in [0.1, 0.15) is 11.3 Å². The number of para-hydroxylation sites is 1. The van der Waals surface area contributed by atoms with Crippen molar-refractivity contribution in [2.24, 2.45) is 10.8 Å². The molecule has 108 valence electrons. The Morgan fingerprint density at radius 3 is 2.35 bits per heavy atom. The standard InChI is InChI=1S/C18H25NO/c1-6-14-13(12-9-7-8-10-15(12)20-14)11-19-16-17(2,3)18(16,4)5/h7-10,16,19H,6,11H2,1-5H3. The Bertz CT molecular complexity index is 622. The summed E-state index contributed by atoms with van der Waals surface area (Å²) >= 11 is 0. The van der Waals surface area contributed by atoms with Crippen LogP contribution in [0.2, 0.25) is 0 Å². The normalized spacial score (nSPS) is 20.4. The minimum atomic E-state index is 0.374. The van der Waals surface area contributed by atoms with Gasteiger partial charge in [-0.2, -0.15) is 0 Å². The van der Waals surface area contributed by atoms with E-state index in [-0.39, 0.29) is 0 Å². The average Bonchev–Trinajstić information content (AvgIpc) is 2.73. The van der Waals surface area contributed by atoms with E-state index in [0.29, 0.717) is 16.9 Å². The van der Waals surface area contributed by atoms with E-state index in [1.54, 1.807) is 0 Å². The lowest BCUT2D eigenvalue weighted by molar-refractivity contribution is 0.457. The number of fused-ring (bicyclic) bond motifs is 1. The van der Waals surface area contributed by atoms with Crippen molar-refractivity contribution in [1.82, 2.24) is 5.32 Å². The molecule has 0 aliphatic heterocycles. The quantitative estimate of drug-likeness (QED) is 0.884. The summed E-state index contributed by atoms with van der Waals surface area (Å²) in [5.74, 6) is 1.12. The van der Waals surface area contributed by atoms with Crippen molar-refractivity contribution >= 4 is 11.0 Å². The third-order valence-electron chi connectivity index (χ3n) is 5.61. The van der Waals surface area contributed by atoms with E-state index in [1.165, 1.54) is 10.9 Å². The third-order valence-corrected chi connectivity index (χ3v) is 5.61. The Morgan fingerprint density at radius 1 is 1.10 bits per heavy atom. The van der Waals surface area contributed by atoms with Crippen molar-refractivity contribution in [3.63, 3.8) is 0 Å². The Hall–Kier alpha value is -1.28. The molecular formula is C18H25NO. The smallest absolute Gasteiger partial charge is 0.134 e. The molecule has 1 N–H and O–H groups in total. The van der Waals surface area contributed by atoms with Crippen LogP contribution in [-0.2, 0) is 13.0 Å². The second-order valence-corrected chi connectivity index (χ2v) is 7.11. The van der Waals surface area contributed by atoms with Gasteiger partial charge < -0.3 is 9.73 Å². The fraction of sp³-hybridized carbons (Fsp3) is 0.556. The Kier molecular flexibility index (Phi) is 2.98. The van der Waals surface area contributed by atoms with Gasteiger partial charge in [0.2, 0.25) is 0 Å². The first-order valence-corrected chi connectivity index (χ1v) is 7.62. The molecule has 1 aliphatic rings. The fourth-order valence-electron chi connectivity index (χ4n) is 3.54. The first-order valence-electron chi connectivity index (χ1n) is 7.62. The van der Waals surface area contributed by atoms with Crippen LogP contribution in [0, 0.1) is 10.8 Å². The van der Waals surface area contributed by atoms with Crippen LogP contribution in [0.5, 0.6) is 0 Å². The zero-order valence-electron chi connectivity index (χ0n) is 13.2. The number of hydrogen-bond acceptors (Lipinski definition) is 2. The van der Waals surface area contributed by atoms with E-state index in [2.05, 4.69) is 58.1 Å². The Morgan fingerprint density at radius 2 is 1.75 bits per heavy atom. The minimum Gasteiger partial charge on any atom is -0.461 e. The number of hydrogen-bond donors (Lipinski definition) is 1. The van der Waals surface area contributed by atoms with Crippen LogP contribution >= 0.6 is 0 Å². The van der Waals surface area contributed by atoms with Gasteiger partial charge in [-0.05, 0) is 16.9 Å². The highest BCUT2D eigenvalue weighted by atomic mass is 16.3. The predicted molar refractivity (Wildman–Crippen MR) is 83.8 cm³/mol. The van der Waals surface area contributed by atoms with E-state index in [1.807, 2.05) is 6.07 Å². The van der Waals surface area contributed by atoms with Crippen molar-refractivity contribution in [3.8, 4) is 0 Å². The van der Waals surface area contributed by atoms with Gasteiger partial charge in [0, 0.05) is 30.0 Å². The lowest BCUT2D eigenvalue weighted by Gasteiger charge is -2.07. The van der Waals surface area contributed by atoms with Gasteiger partial charge in [0.25, 0.3) is 0 Å². The Balaban J connectivity index is 1.85. The van der Waals surface area contributed by atoms with Gasteiger partial charge in [-0.25, -0.2) is 0 Å². The topological polar surface area (TPSA) is 25.2 Å². The van der Waals surface area contributed by atoms with Gasteiger partial charge >= 0.3 is 0 Å². The molecule has 0 unspecified atom stereocenters. The Labute approximate surface area is 121 Å². The number of nitrogens with one attached hydrogen (secondary N) is 1. The van der Waals surface area contributed by atoms with Crippen molar-refractivity contribution in [2.75, 3.05) is 0 Å². The maximum atomic E-state index is 5.96. The number of rotatable bonds is 4. The van der Waals surface area contributed by atoms with Crippen LogP contribution in [0.25, 0.3) is 11.0 Å². The molecule has 1 aromatic heterocycles. The summed E-state index contributed by atoms with van der Waals surface area (Å²) in [7, 11) is 0. The highest BCUT2D eigenvalue weighted by molar-refractivity contribution is 5.82. The van der Waals surface area contributed by atoms with E-state index < -0.39 is 0 Å². The second kappa shape index (κ2) is 4.36. The molecule has 1 aromatic carbocycles. The maximum Gasteiger partial charge on any atom is 0.134 e. The molecule has 0 spiro atoms. The highest BCUT2D eigenvalue weighted by Crippen LogP contribution is 2.62. The SMILES string of the molecule is CCc1oc2ccccc2c1CNC1C(C)(C)C1(C)C. The molecule has 1 heterocycles. The van der Waals surface area contributed by atoms with Crippen molar-refractivity contribution < 1.29 is 4.42 Å². The van der Waals surface area contributed by atoms with E-state index >= 15 is 0 Å². The molecule has 3 rings (SSSR count). The first-order chi connectivity index (χ1) is 9.39. The zero-order valence-corrected chi connectivity index (χ0v) is 13.2. The maximum absolute atomic E-state index is 5.96. The summed E-state index contributed by atoms with van der Waals surface area (Å²) in [6.07, 6.45) is 0.948. The summed E-state index contributed by atoms with van der Waals surface area (Å²) in [6, 6.07) is 8.93. The summed E-state index contributed by atoms with van der Waals surface area (Å²) in [5, 5.41) is 5.00. The van der Waals surface area contributed by atoms with Crippen LogP contribution in [0.15, 0.2) is 28.7 Å². The van der Waals surface area contributed by atoms with Gasteiger partial charge in [-0.1, -0.05) is 52.8 Å². The van der Waals surface area contributed by atoms with E-state index in [9.17, 15) is 0 Å². The molecule has 0 bridgehead atoms. The van der Waals surface area contributed by atoms with Crippen LogP contribution in [0.1, 0.15) is 45.9 Å². The van der Waals surface area contributed by atoms with Crippen LogP contribution < -0.4 is 5.32 Å². The van der Waals surface area contributed by atoms with Gasteiger partial charge in [0.05, 0.1) is 0 Å². The molecule has 0 amide bonds. The lowest BCUT2D eigenvalue weighted by atomic mass is 10.0. The summed E-state index contributed by atoms with van der Waals surface area (Å²) in [5.41, 5.74) is 3.09. The number of furan rings is 1. The molecule has 0 saturated heterocycles. The molecule has 2 nitrogen and oxygen atoms in total. The van der Waals surface area contributed by atoms with Crippen molar-refractivity contribution in [3.05, 3.63) is 35.6 Å². The van der Waals surface area contributed by atoms with Gasteiger partial charge in [0.15, 0.2) is 0 Å².